The van der Waals surface area contributed by atoms with Crippen LogP contribution < -0.4 is 5.32 Å². The minimum absolute atomic E-state index is 0.186. The highest BCUT2D eigenvalue weighted by Gasteiger charge is 2.33. The SMILES string of the molecule is C[C@@H]1CCC[C@](O)(CNC(=O)c2cn(C3COC3)c3cccc(Cl)c23)C1. The predicted molar refractivity (Wildman–Crippen MR) is 102 cm³/mol. The van der Waals surface area contributed by atoms with Gasteiger partial charge < -0.3 is 19.7 Å². The van der Waals surface area contributed by atoms with Gasteiger partial charge in [-0.25, -0.2) is 0 Å². The zero-order valence-electron chi connectivity index (χ0n) is 15.0. The van der Waals surface area contributed by atoms with Gasteiger partial charge in [0.25, 0.3) is 5.91 Å². The second-order valence-electron chi connectivity index (χ2n) is 7.88. The first-order chi connectivity index (χ1) is 12.5. The molecule has 1 amide bonds. The molecule has 1 aromatic heterocycles. The number of nitrogens with one attached hydrogen (secondary N) is 1. The quantitative estimate of drug-likeness (QED) is 0.857. The number of benzene rings is 1. The summed E-state index contributed by atoms with van der Waals surface area (Å²) in [5.41, 5.74) is 0.697. The molecular weight excluding hydrogens is 352 g/mol. The van der Waals surface area contributed by atoms with E-state index >= 15 is 0 Å². The average Bonchev–Trinajstić information content (AvgIpc) is 2.92. The average molecular weight is 377 g/mol. The van der Waals surface area contributed by atoms with Crippen molar-refractivity contribution in [1.29, 1.82) is 0 Å². The van der Waals surface area contributed by atoms with E-state index in [1.807, 2.05) is 18.3 Å². The highest BCUT2D eigenvalue weighted by molar-refractivity contribution is 6.36. The van der Waals surface area contributed by atoms with Gasteiger partial charge in [-0.05, 0) is 30.9 Å². The molecule has 26 heavy (non-hydrogen) atoms. The van der Waals surface area contributed by atoms with Crippen LogP contribution in [0.15, 0.2) is 24.4 Å². The second-order valence-corrected chi connectivity index (χ2v) is 8.29. The summed E-state index contributed by atoms with van der Waals surface area (Å²) in [6.45, 7) is 3.73. The second kappa shape index (κ2) is 6.87. The fraction of sp³-hybridized carbons (Fsp3) is 0.550. The van der Waals surface area contributed by atoms with Gasteiger partial charge >= 0.3 is 0 Å². The molecule has 2 fully saturated rings. The van der Waals surface area contributed by atoms with E-state index in [2.05, 4.69) is 16.8 Å². The zero-order valence-corrected chi connectivity index (χ0v) is 15.8. The van der Waals surface area contributed by atoms with Gasteiger partial charge in [-0.1, -0.05) is 37.4 Å². The fourth-order valence-corrected chi connectivity index (χ4v) is 4.53. The van der Waals surface area contributed by atoms with Crippen molar-refractivity contribution in [2.45, 2.75) is 44.2 Å². The Bertz CT molecular complexity index is 830. The zero-order chi connectivity index (χ0) is 18.3. The number of fused-ring (bicyclic) bond motifs is 1. The van der Waals surface area contributed by atoms with E-state index in [-0.39, 0.29) is 18.5 Å². The summed E-state index contributed by atoms with van der Waals surface area (Å²) in [5.74, 6) is 0.300. The molecule has 2 aromatic rings. The summed E-state index contributed by atoms with van der Waals surface area (Å²) in [6.07, 6.45) is 5.48. The van der Waals surface area contributed by atoms with Gasteiger partial charge in [0.15, 0.2) is 0 Å². The van der Waals surface area contributed by atoms with Crippen LogP contribution in [0.4, 0.5) is 0 Å². The molecule has 2 heterocycles. The maximum atomic E-state index is 12.9. The number of amides is 1. The normalized spacial score (nSPS) is 26.7. The molecule has 1 aliphatic carbocycles. The monoisotopic (exact) mass is 376 g/mol. The Morgan fingerprint density at radius 1 is 1.46 bits per heavy atom. The number of rotatable bonds is 4. The molecule has 0 bridgehead atoms. The van der Waals surface area contributed by atoms with Gasteiger partial charge in [-0.15, -0.1) is 0 Å². The number of carbonyl (C=O) groups is 1. The molecule has 2 atom stereocenters. The topological polar surface area (TPSA) is 63.5 Å². The first-order valence-electron chi connectivity index (χ1n) is 9.34. The number of aliphatic hydroxyl groups is 1. The summed E-state index contributed by atoms with van der Waals surface area (Å²) < 4.78 is 7.38. The lowest BCUT2D eigenvalue weighted by Crippen LogP contribution is -2.45. The highest BCUT2D eigenvalue weighted by atomic mass is 35.5. The van der Waals surface area contributed by atoms with Crippen LogP contribution in [0, 0.1) is 5.92 Å². The van der Waals surface area contributed by atoms with E-state index < -0.39 is 5.60 Å². The number of nitrogens with zero attached hydrogens (tertiary/aromatic N) is 1. The molecule has 2 N–H and O–H groups in total. The molecule has 1 saturated heterocycles. The van der Waals surface area contributed by atoms with Crippen LogP contribution in [0.1, 0.15) is 49.0 Å². The third-order valence-electron chi connectivity index (χ3n) is 5.71. The van der Waals surface area contributed by atoms with Crippen LogP contribution in [0.5, 0.6) is 0 Å². The van der Waals surface area contributed by atoms with Crippen molar-refractivity contribution in [2.24, 2.45) is 5.92 Å². The summed E-state index contributed by atoms with van der Waals surface area (Å²) in [7, 11) is 0. The third-order valence-corrected chi connectivity index (χ3v) is 6.03. The Morgan fingerprint density at radius 2 is 2.27 bits per heavy atom. The van der Waals surface area contributed by atoms with Gasteiger partial charge in [0.05, 0.1) is 41.0 Å². The molecule has 140 valence electrons. The lowest BCUT2D eigenvalue weighted by molar-refractivity contribution is -0.0214. The van der Waals surface area contributed by atoms with Crippen LogP contribution in [-0.2, 0) is 4.74 Å². The van der Waals surface area contributed by atoms with E-state index in [0.29, 0.717) is 29.7 Å². The Hall–Kier alpha value is -1.56. The molecule has 1 aromatic carbocycles. The van der Waals surface area contributed by atoms with E-state index in [1.54, 1.807) is 6.07 Å². The summed E-state index contributed by atoms with van der Waals surface area (Å²) in [6, 6.07) is 5.92. The lowest BCUT2D eigenvalue weighted by Gasteiger charge is -2.35. The standard InChI is InChI=1S/C20H25ClN2O3/c1-13-4-3-7-20(25,8-13)12-22-19(24)15-9-23(14-10-26-11-14)17-6-2-5-16(21)18(15)17/h2,5-6,9,13-14,25H,3-4,7-8,10-12H2,1H3,(H,22,24)/t13-,20-/m1/s1. The molecule has 0 spiro atoms. The lowest BCUT2D eigenvalue weighted by atomic mass is 9.79. The van der Waals surface area contributed by atoms with Gasteiger partial charge in [0.2, 0.25) is 0 Å². The fourth-order valence-electron chi connectivity index (χ4n) is 4.26. The molecular formula is C20H25ClN2O3. The van der Waals surface area contributed by atoms with Gasteiger partial charge in [-0.3, -0.25) is 4.79 Å². The highest BCUT2D eigenvalue weighted by Crippen LogP contribution is 2.34. The van der Waals surface area contributed by atoms with Crippen LogP contribution in [0.25, 0.3) is 10.9 Å². The minimum Gasteiger partial charge on any atom is -0.388 e. The third kappa shape index (κ3) is 3.24. The van der Waals surface area contributed by atoms with E-state index in [4.69, 9.17) is 16.3 Å². The van der Waals surface area contributed by atoms with Gasteiger partial charge in [0, 0.05) is 18.1 Å². The summed E-state index contributed by atoms with van der Waals surface area (Å²) in [5, 5.41) is 15.1. The van der Waals surface area contributed by atoms with E-state index in [1.165, 1.54) is 0 Å². The Balaban J connectivity index is 1.58. The Morgan fingerprint density at radius 3 is 2.96 bits per heavy atom. The maximum absolute atomic E-state index is 12.9. The molecule has 2 aliphatic rings. The van der Waals surface area contributed by atoms with Crippen molar-refractivity contribution in [3.05, 3.63) is 35.0 Å². The number of hydrogen-bond acceptors (Lipinski definition) is 3. The van der Waals surface area contributed by atoms with Crippen molar-refractivity contribution < 1.29 is 14.6 Å². The first-order valence-corrected chi connectivity index (χ1v) is 9.72. The minimum atomic E-state index is -0.808. The predicted octanol–water partition coefficient (Wildman–Crippen LogP) is 3.54. The van der Waals surface area contributed by atoms with E-state index in [0.717, 1.165) is 36.6 Å². The molecule has 0 unspecified atom stereocenters. The first kappa shape index (κ1) is 17.8. The summed E-state index contributed by atoms with van der Waals surface area (Å²) >= 11 is 6.41. The smallest absolute Gasteiger partial charge is 0.253 e. The molecule has 6 heteroatoms. The molecule has 4 rings (SSSR count). The molecule has 0 radical (unpaired) electrons. The van der Waals surface area contributed by atoms with Crippen molar-refractivity contribution in [2.75, 3.05) is 19.8 Å². The van der Waals surface area contributed by atoms with Crippen LogP contribution in [0.2, 0.25) is 5.02 Å². The molecule has 1 saturated carbocycles. The van der Waals surface area contributed by atoms with Crippen molar-refractivity contribution in [3.8, 4) is 0 Å². The molecule has 5 nitrogen and oxygen atoms in total. The number of carbonyl (C=O) groups excluding carboxylic acids is 1. The Kier molecular flexibility index (Phi) is 4.71. The van der Waals surface area contributed by atoms with Crippen LogP contribution >= 0.6 is 11.6 Å². The van der Waals surface area contributed by atoms with Crippen molar-refractivity contribution >= 4 is 28.4 Å². The van der Waals surface area contributed by atoms with Crippen LogP contribution in [0.3, 0.4) is 0 Å². The molecule has 1 aliphatic heterocycles. The number of aromatic nitrogens is 1. The van der Waals surface area contributed by atoms with Crippen LogP contribution in [-0.4, -0.2) is 40.9 Å². The maximum Gasteiger partial charge on any atom is 0.253 e. The van der Waals surface area contributed by atoms with E-state index in [9.17, 15) is 9.90 Å². The van der Waals surface area contributed by atoms with Gasteiger partial charge in [-0.2, -0.15) is 0 Å². The summed E-state index contributed by atoms with van der Waals surface area (Å²) in [4.78, 5) is 12.9. The van der Waals surface area contributed by atoms with Gasteiger partial charge in [0.1, 0.15) is 0 Å². The van der Waals surface area contributed by atoms with Crippen molar-refractivity contribution in [3.63, 3.8) is 0 Å². The number of hydrogen-bond donors (Lipinski definition) is 2. The number of halogens is 1. The van der Waals surface area contributed by atoms with Crippen molar-refractivity contribution in [1.82, 2.24) is 9.88 Å². The number of ether oxygens (including phenoxy) is 1. The largest absolute Gasteiger partial charge is 0.388 e. The Labute approximate surface area is 158 Å².